The number of methoxy groups -OCH3 is 1. The molecule has 0 aliphatic carbocycles. The van der Waals surface area contributed by atoms with Crippen molar-refractivity contribution in [1.82, 2.24) is 4.98 Å². The van der Waals surface area contributed by atoms with Crippen molar-refractivity contribution in [2.45, 2.75) is 24.8 Å². The highest BCUT2D eigenvalue weighted by Crippen LogP contribution is 2.25. The van der Waals surface area contributed by atoms with Crippen LogP contribution in [0.3, 0.4) is 0 Å². The van der Waals surface area contributed by atoms with Gasteiger partial charge in [0.1, 0.15) is 22.9 Å². The SMILES string of the molecule is COC(=O)C(Br)Cc1ccc(OCc2nc(-c3ccccc3)oc2C)c(F)c1. The predicted molar refractivity (Wildman–Crippen MR) is 106 cm³/mol. The first kappa shape index (κ1) is 20.1. The summed E-state index contributed by atoms with van der Waals surface area (Å²) < 4.78 is 30.3. The van der Waals surface area contributed by atoms with Crippen LogP contribution in [0.1, 0.15) is 17.0 Å². The summed E-state index contributed by atoms with van der Waals surface area (Å²) >= 11 is 3.23. The Morgan fingerprint density at radius 2 is 2.00 bits per heavy atom. The van der Waals surface area contributed by atoms with Gasteiger partial charge in [-0.1, -0.05) is 40.2 Å². The summed E-state index contributed by atoms with van der Waals surface area (Å²) in [7, 11) is 1.31. The lowest BCUT2D eigenvalue weighted by Crippen LogP contribution is -2.18. The molecule has 1 aromatic heterocycles. The molecule has 5 nitrogen and oxygen atoms in total. The van der Waals surface area contributed by atoms with Gasteiger partial charge in [-0.3, -0.25) is 4.79 Å². The lowest BCUT2D eigenvalue weighted by Gasteiger charge is -2.10. The van der Waals surface area contributed by atoms with Crippen LogP contribution < -0.4 is 4.74 Å². The van der Waals surface area contributed by atoms with Gasteiger partial charge in [0.2, 0.25) is 5.89 Å². The monoisotopic (exact) mass is 447 g/mol. The summed E-state index contributed by atoms with van der Waals surface area (Å²) in [6, 6.07) is 14.1. The molecule has 0 aliphatic rings. The molecule has 0 bridgehead atoms. The molecule has 146 valence electrons. The number of hydrogen-bond acceptors (Lipinski definition) is 5. The van der Waals surface area contributed by atoms with Crippen LogP contribution in [0.4, 0.5) is 4.39 Å². The van der Waals surface area contributed by atoms with Crippen molar-refractivity contribution < 1.29 is 23.1 Å². The smallest absolute Gasteiger partial charge is 0.319 e. The van der Waals surface area contributed by atoms with Gasteiger partial charge >= 0.3 is 5.97 Å². The highest BCUT2D eigenvalue weighted by Gasteiger charge is 2.17. The number of rotatable bonds is 7. The number of alkyl halides is 1. The maximum Gasteiger partial charge on any atom is 0.319 e. The van der Waals surface area contributed by atoms with Crippen molar-refractivity contribution in [3.05, 3.63) is 71.4 Å². The molecule has 7 heteroatoms. The van der Waals surface area contributed by atoms with Crippen molar-refractivity contribution in [2.75, 3.05) is 7.11 Å². The van der Waals surface area contributed by atoms with E-state index in [1.165, 1.54) is 19.2 Å². The topological polar surface area (TPSA) is 61.6 Å². The second-order valence-corrected chi connectivity index (χ2v) is 7.24. The molecule has 1 atom stereocenters. The van der Waals surface area contributed by atoms with Gasteiger partial charge < -0.3 is 13.9 Å². The molecule has 1 heterocycles. The fourth-order valence-electron chi connectivity index (χ4n) is 2.62. The molecular formula is C21H19BrFNO4. The molecule has 0 N–H and O–H groups in total. The van der Waals surface area contributed by atoms with Gasteiger partial charge in [0.05, 0.1) is 7.11 Å². The van der Waals surface area contributed by atoms with Crippen LogP contribution >= 0.6 is 15.9 Å². The summed E-state index contributed by atoms with van der Waals surface area (Å²) in [5.74, 6) is 0.314. The standard InChI is InChI=1S/C21H19BrFNO4/c1-13-18(24-20(28-13)15-6-4-3-5-7-15)12-27-19-9-8-14(11-17(19)23)10-16(22)21(25)26-2/h3-9,11,16H,10,12H2,1-2H3. The van der Waals surface area contributed by atoms with Crippen LogP contribution in [0.25, 0.3) is 11.5 Å². The lowest BCUT2D eigenvalue weighted by molar-refractivity contribution is -0.139. The van der Waals surface area contributed by atoms with Crippen LogP contribution in [0.15, 0.2) is 52.9 Å². The molecule has 0 radical (unpaired) electrons. The first-order valence-electron chi connectivity index (χ1n) is 8.62. The van der Waals surface area contributed by atoms with Gasteiger partial charge in [0.15, 0.2) is 11.6 Å². The van der Waals surface area contributed by atoms with E-state index in [1.807, 2.05) is 30.3 Å². The van der Waals surface area contributed by atoms with E-state index < -0.39 is 16.6 Å². The van der Waals surface area contributed by atoms with Crippen LogP contribution in [-0.4, -0.2) is 22.9 Å². The first-order chi connectivity index (χ1) is 13.5. The number of oxazole rings is 1. The molecule has 0 saturated carbocycles. The number of aromatic nitrogens is 1. The molecule has 0 amide bonds. The fourth-order valence-corrected chi connectivity index (χ4v) is 3.18. The van der Waals surface area contributed by atoms with E-state index in [9.17, 15) is 9.18 Å². The van der Waals surface area contributed by atoms with E-state index in [-0.39, 0.29) is 12.4 Å². The maximum atomic E-state index is 14.4. The van der Waals surface area contributed by atoms with E-state index in [2.05, 4.69) is 25.7 Å². The van der Waals surface area contributed by atoms with Crippen LogP contribution in [0, 0.1) is 12.7 Å². The second kappa shape index (κ2) is 9.01. The number of ether oxygens (including phenoxy) is 2. The molecule has 0 aliphatic heterocycles. The maximum absolute atomic E-state index is 14.4. The molecule has 0 fully saturated rings. The second-order valence-electron chi connectivity index (χ2n) is 6.14. The van der Waals surface area contributed by atoms with Crippen molar-refractivity contribution in [3.63, 3.8) is 0 Å². The van der Waals surface area contributed by atoms with E-state index >= 15 is 0 Å². The number of hydrogen-bond donors (Lipinski definition) is 0. The van der Waals surface area contributed by atoms with Crippen molar-refractivity contribution in [3.8, 4) is 17.2 Å². The third-order valence-corrected chi connectivity index (χ3v) is 4.84. The van der Waals surface area contributed by atoms with Gasteiger partial charge in [-0.15, -0.1) is 0 Å². The third-order valence-electron chi connectivity index (χ3n) is 4.15. The largest absolute Gasteiger partial charge is 0.484 e. The number of aryl methyl sites for hydroxylation is 1. The molecule has 1 unspecified atom stereocenters. The van der Waals surface area contributed by atoms with Gasteiger partial charge in [-0.25, -0.2) is 9.37 Å². The van der Waals surface area contributed by atoms with Crippen LogP contribution in [-0.2, 0) is 22.6 Å². The Labute approximate surface area is 170 Å². The molecule has 0 saturated heterocycles. The fraction of sp³-hybridized carbons (Fsp3) is 0.238. The summed E-state index contributed by atoms with van der Waals surface area (Å²) in [6.07, 6.45) is 0.312. The highest BCUT2D eigenvalue weighted by molar-refractivity contribution is 9.10. The molecule has 0 spiro atoms. The summed E-state index contributed by atoms with van der Waals surface area (Å²) in [6.45, 7) is 1.88. The minimum Gasteiger partial charge on any atom is -0.484 e. The van der Waals surface area contributed by atoms with Crippen LogP contribution in [0.5, 0.6) is 5.75 Å². The molecular weight excluding hydrogens is 429 g/mol. The Balaban J connectivity index is 1.66. The Bertz CT molecular complexity index is 958. The normalized spacial score (nSPS) is 11.9. The summed E-state index contributed by atoms with van der Waals surface area (Å²) in [5.41, 5.74) is 2.12. The molecule has 28 heavy (non-hydrogen) atoms. The number of esters is 1. The Morgan fingerprint density at radius 3 is 2.68 bits per heavy atom. The van der Waals surface area contributed by atoms with E-state index in [4.69, 9.17) is 9.15 Å². The quantitative estimate of drug-likeness (QED) is 0.382. The van der Waals surface area contributed by atoms with E-state index in [1.54, 1.807) is 13.0 Å². The van der Waals surface area contributed by atoms with E-state index in [0.717, 1.165) is 5.56 Å². The molecule has 3 rings (SSSR count). The number of halogens is 2. The van der Waals surface area contributed by atoms with Gasteiger partial charge in [-0.05, 0) is 43.2 Å². The highest BCUT2D eigenvalue weighted by atomic mass is 79.9. The number of benzene rings is 2. The number of nitrogens with zero attached hydrogens (tertiary/aromatic N) is 1. The number of carbonyl (C=O) groups excluding carboxylic acids is 1. The lowest BCUT2D eigenvalue weighted by atomic mass is 10.1. The Morgan fingerprint density at radius 1 is 1.25 bits per heavy atom. The zero-order valence-corrected chi connectivity index (χ0v) is 17.0. The molecule has 2 aromatic carbocycles. The van der Waals surface area contributed by atoms with Crippen molar-refractivity contribution in [2.24, 2.45) is 0 Å². The summed E-state index contributed by atoms with van der Waals surface area (Å²) in [4.78, 5) is 15.4. The Kier molecular flexibility index (Phi) is 6.46. The third kappa shape index (κ3) is 4.78. The zero-order valence-electron chi connectivity index (χ0n) is 15.4. The van der Waals surface area contributed by atoms with Crippen LogP contribution in [0.2, 0.25) is 0 Å². The van der Waals surface area contributed by atoms with Gasteiger partial charge in [-0.2, -0.15) is 0 Å². The first-order valence-corrected chi connectivity index (χ1v) is 9.54. The van der Waals surface area contributed by atoms with Crippen molar-refractivity contribution >= 4 is 21.9 Å². The minimum absolute atomic E-state index is 0.0850. The summed E-state index contributed by atoms with van der Waals surface area (Å²) in [5, 5.41) is 0. The minimum atomic E-state index is -0.530. The number of carbonyl (C=O) groups is 1. The zero-order chi connectivity index (χ0) is 20.1. The average Bonchev–Trinajstić information content (AvgIpc) is 3.08. The van der Waals surface area contributed by atoms with Gasteiger partial charge in [0, 0.05) is 5.56 Å². The predicted octanol–water partition coefficient (Wildman–Crippen LogP) is 4.85. The molecule has 3 aromatic rings. The Hall–Kier alpha value is -2.67. The van der Waals surface area contributed by atoms with Crippen molar-refractivity contribution in [1.29, 1.82) is 0 Å². The van der Waals surface area contributed by atoms with E-state index in [0.29, 0.717) is 29.3 Å². The average molecular weight is 448 g/mol. The van der Waals surface area contributed by atoms with Gasteiger partial charge in [0.25, 0.3) is 0 Å².